The highest BCUT2D eigenvalue weighted by molar-refractivity contribution is 5.83. The number of alkyl halides is 3. The molecule has 2 atom stereocenters. The number of carbonyl (C=O) groups excluding carboxylic acids is 1. The summed E-state index contributed by atoms with van der Waals surface area (Å²) in [5.41, 5.74) is 3.13. The first-order chi connectivity index (χ1) is 15.3. The Morgan fingerprint density at radius 2 is 1.56 bits per heavy atom. The van der Waals surface area contributed by atoms with E-state index in [-0.39, 0.29) is 11.9 Å². The molecular formula is C26H27F3N2O. The maximum atomic E-state index is 12.9. The van der Waals surface area contributed by atoms with E-state index in [4.69, 9.17) is 0 Å². The van der Waals surface area contributed by atoms with Gasteiger partial charge in [-0.1, -0.05) is 72.3 Å². The Hall–Kier alpha value is -3.12. The van der Waals surface area contributed by atoms with Crippen molar-refractivity contribution >= 4 is 5.91 Å². The molecule has 0 aliphatic carbocycles. The smallest absolute Gasteiger partial charge is 0.358 e. The van der Waals surface area contributed by atoms with Gasteiger partial charge in [0.25, 0.3) is 0 Å². The van der Waals surface area contributed by atoms with Gasteiger partial charge in [0.05, 0.1) is 5.56 Å². The number of halogens is 3. The van der Waals surface area contributed by atoms with E-state index in [1.165, 1.54) is 12.1 Å². The van der Waals surface area contributed by atoms with Crippen LogP contribution in [-0.4, -0.2) is 13.0 Å². The molecule has 0 saturated heterocycles. The van der Waals surface area contributed by atoms with Crippen molar-refractivity contribution in [2.45, 2.75) is 38.0 Å². The average molecular weight is 441 g/mol. The van der Waals surface area contributed by atoms with Gasteiger partial charge in [0.2, 0.25) is 5.91 Å². The quantitative estimate of drug-likeness (QED) is 0.467. The molecule has 0 bridgehead atoms. The molecule has 0 saturated carbocycles. The van der Waals surface area contributed by atoms with E-state index in [0.717, 1.165) is 34.4 Å². The van der Waals surface area contributed by atoms with Crippen molar-refractivity contribution in [1.29, 1.82) is 0 Å². The van der Waals surface area contributed by atoms with Crippen molar-refractivity contribution in [2.75, 3.05) is 7.05 Å². The summed E-state index contributed by atoms with van der Waals surface area (Å²) in [4.78, 5) is 12.7. The van der Waals surface area contributed by atoms with E-state index in [9.17, 15) is 18.0 Å². The first kappa shape index (κ1) is 23.5. The molecule has 0 fully saturated rings. The molecule has 168 valence electrons. The maximum absolute atomic E-state index is 12.9. The molecule has 0 aliphatic heterocycles. The molecule has 0 unspecified atom stereocenters. The van der Waals surface area contributed by atoms with Crippen molar-refractivity contribution in [3.05, 3.63) is 107 Å². The van der Waals surface area contributed by atoms with Crippen molar-refractivity contribution in [3.63, 3.8) is 0 Å². The zero-order valence-electron chi connectivity index (χ0n) is 18.1. The Labute approximate surface area is 186 Å². The summed E-state index contributed by atoms with van der Waals surface area (Å²) < 4.78 is 38.6. The number of likely N-dealkylation sites (N-methyl/N-ethyl adjacent to an activating group) is 1. The lowest BCUT2D eigenvalue weighted by atomic mass is 9.95. The normalized spacial score (nSPS) is 13.4. The van der Waals surface area contributed by atoms with Crippen LogP contribution in [0, 0.1) is 6.92 Å². The van der Waals surface area contributed by atoms with Crippen LogP contribution in [0.4, 0.5) is 13.2 Å². The summed E-state index contributed by atoms with van der Waals surface area (Å²) in [5, 5.41) is 6.20. The van der Waals surface area contributed by atoms with Crippen LogP contribution >= 0.6 is 0 Å². The molecule has 0 spiro atoms. The van der Waals surface area contributed by atoms with Crippen LogP contribution in [0.1, 0.15) is 46.3 Å². The van der Waals surface area contributed by atoms with Crippen LogP contribution in [0.25, 0.3) is 0 Å². The number of amides is 1. The predicted octanol–water partition coefficient (Wildman–Crippen LogP) is 5.76. The van der Waals surface area contributed by atoms with Crippen LogP contribution in [-0.2, 0) is 17.4 Å². The molecule has 0 aliphatic rings. The third-order valence-electron chi connectivity index (χ3n) is 5.46. The zero-order valence-corrected chi connectivity index (χ0v) is 18.1. The lowest BCUT2D eigenvalue weighted by Gasteiger charge is -2.26. The zero-order chi connectivity index (χ0) is 23.1. The minimum absolute atomic E-state index is 0.150. The van der Waals surface area contributed by atoms with E-state index in [2.05, 4.69) is 16.7 Å². The van der Waals surface area contributed by atoms with Crippen LogP contribution < -0.4 is 10.6 Å². The highest BCUT2D eigenvalue weighted by Crippen LogP contribution is 2.30. The summed E-state index contributed by atoms with van der Waals surface area (Å²) in [6.45, 7) is 2.00. The second kappa shape index (κ2) is 10.5. The Kier molecular flexibility index (Phi) is 7.70. The molecule has 3 nitrogen and oxygen atoms in total. The van der Waals surface area contributed by atoms with Gasteiger partial charge in [0.15, 0.2) is 0 Å². The molecule has 1 amide bonds. The Bertz CT molecular complexity index is 1020. The number of hydrogen-bond donors (Lipinski definition) is 2. The van der Waals surface area contributed by atoms with Gasteiger partial charge in [-0.2, -0.15) is 13.2 Å². The first-order valence-corrected chi connectivity index (χ1v) is 10.5. The SMILES string of the molecule is CNC(=O)[C@H](N[C@@H](CCc1ccc(C(F)(F)F)cc1)c1cccc(C)c1)c1ccccc1. The monoisotopic (exact) mass is 440 g/mol. The number of rotatable bonds is 8. The van der Waals surface area contributed by atoms with Crippen molar-refractivity contribution in [3.8, 4) is 0 Å². The molecule has 0 radical (unpaired) electrons. The van der Waals surface area contributed by atoms with Crippen molar-refractivity contribution < 1.29 is 18.0 Å². The molecule has 3 aromatic rings. The van der Waals surface area contributed by atoms with E-state index >= 15 is 0 Å². The molecule has 6 heteroatoms. The fraction of sp³-hybridized carbons (Fsp3) is 0.269. The summed E-state index contributed by atoms with van der Waals surface area (Å²) in [7, 11) is 1.60. The number of nitrogens with one attached hydrogen (secondary N) is 2. The Morgan fingerprint density at radius 1 is 0.906 bits per heavy atom. The summed E-state index contributed by atoms with van der Waals surface area (Å²) in [5.74, 6) is -0.150. The lowest BCUT2D eigenvalue weighted by molar-refractivity contribution is -0.137. The second-order valence-electron chi connectivity index (χ2n) is 7.82. The summed E-state index contributed by atoms with van der Waals surface area (Å²) in [6.07, 6.45) is -3.16. The lowest BCUT2D eigenvalue weighted by Crippen LogP contribution is -2.38. The summed E-state index contributed by atoms with van der Waals surface area (Å²) in [6, 6.07) is 22.0. The Morgan fingerprint density at radius 3 is 2.16 bits per heavy atom. The van der Waals surface area contributed by atoms with E-state index < -0.39 is 17.8 Å². The van der Waals surface area contributed by atoms with Crippen LogP contribution in [0.3, 0.4) is 0 Å². The standard InChI is InChI=1S/C26H27F3N2O/c1-18-7-6-10-21(17-18)23(16-13-19-11-14-22(15-12-19)26(27,28)29)31-24(25(32)30-2)20-8-4-3-5-9-20/h3-12,14-15,17,23-24,31H,13,16H2,1-2H3,(H,30,32)/t23-,24+/m0/s1. The van der Waals surface area contributed by atoms with E-state index in [1.54, 1.807) is 7.05 Å². The van der Waals surface area contributed by atoms with Crippen LogP contribution in [0.5, 0.6) is 0 Å². The maximum Gasteiger partial charge on any atom is 0.416 e. The largest absolute Gasteiger partial charge is 0.416 e. The number of benzene rings is 3. The van der Waals surface area contributed by atoms with Gasteiger partial charge in [0.1, 0.15) is 6.04 Å². The number of carbonyl (C=O) groups is 1. The van der Waals surface area contributed by atoms with Gasteiger partial charge in [-0.15, -0.1) is 0 Å². The molecule has 3 rings (SSSR count). The highest BCUT2D eigenvalue weighted by Gasteiger charge is 2.30. The molecule has 0 heterocycles. The van der Waals surface area contributed by atoms with Crippen molar-refractivity contribution in [1.82, 2.24) is 10.6 Å². The van der Waals surface area contributed by atoms with Gasteiger partial charge in [-0.25, -0.2) is 0 Å². The number of hydrogen-bond acceptors (Lipinski definition) is 2. The second-order valence-corrected chi connectivity index (χ2v) is 7.82. The molecule has 32 heavy (non-hydrogen) atoms. The van der Waals surface area contributed by atoms with Gasteiger partial charge < -0.3 is 5.32 Å². The third kappa shape index (κ3) is 6.20. The molecule has 0 aromatic heterocycles. The third-order valence-corrected chi connectivity index (χ3v) is 5.46. The van der Waals surface area contributed by atoms with Gasteiger partial charge in [-0.3, -0.25) is 10.1 Å². The fourth-order valence-electron chi connectivity index (χ4n) is 3.72. The molecule has 3 aromatic carbocycles. The van der Waals surface area contributed by atoms with Gasteiger partial charge in [-0.05, 0) is 48.6 Å². The van der Waals surface area contributed by atoms with Crippen LogP contribution in [0.2, 0.25) is 0 Å². The van der Waals surface area contributed by atoms with Crippen LogP contribution in [0.15, 0.2) is 78.9 Å². The van der Waals surface area contributed by atoms with Crippen molar-refractivity contribution in [2.24, 2.45) is 0 Å². The first-order valence-electron chi connectivity index (χ1n) is 10.5. The predicted molar refractivity (Wildman–Crippen MR) is 120 cm³/mol. The Balaban J connectivity index is 1.84. The molecule has 2 N–H and O–H groups in total. The minimum Gasteiger partial charge on any atom is -0.358 e. The number of aryl methyl sites for hydroxylation is 2. The summed E-state index contributed by atoms with van der Waals surface area (Å²) >= 11 is 0. The van der Waals surface area contributed by atoms with E-state index in [1.807, 2.05) is 55.5 Å². The van der Waals surface area contributed by atoms with Gasteiger partial charge >= 0.3 is 6.18 Å². The fourth-order valence-corrected chi connectivity index (χ4v) is 3.72. The minimum atomic E-state index is -4.35. The topological polar surface area (TPSA) is 41.1 Å². The highest BCUT2D eigenvalue weighted by atomic mass is 19.4. The van der Waals surface area contributed by atoms with E-state index in [0.29, 0.717) is 12.8 Å². The average Bonchev–Trinajstić information content (AvgIpc) is 2.79. The molecular weight excluding hydrogens is 413 g/mol. The van der Waals surface area contributed by atoms with Gasteiger partial charge in [0, 0.05) is 13.1 Å².